The fourth-order valence-electron chi connectivity index (χ4n) is 5.29. The number of aliphatic hydroxyl groups is 1. The van der Waals surface area contributed by atoms with Crippen molar-refractivity contribution in [2.24, 2.45) is 0 Å². The van der Waals surface area contributed by atoms with Gasteiger partial charge in [0.1, 0.15) is 5.69 Å². The van der Waals surface area contributed by atoms with Crippen molar-refractivity contribution >= 4 is 28.0 Å². The fraction of sp³-hybridized carbons (Fsp3) is 0.296. The molecule has 0 unspecified atom stereocenters. The van der Waals surface area contributed by atoms with Crippen LogP contribution in [-0.4, -0.2) is 52.4 Å². The average molecular weight is 482 g/mol. The van der Waals surface area contributed by atoms with Gasteiger partial charge in [-0.15, -0.1) is 0 Å². The predicted octanol–water partition coefficient (Wildman–Crippen LogP) is 3.78. The van der Waals surface area contributed by atoms with Crippen LogP contribution < -0.4 is 5.32 Å². The highest BCUT2D eigenvalue weighted by Crippen LogP contribution is 2.32. The number of pyridine rings is 2. The number of amides is 1. The van der Waals surface area contributed by atoms with Crippen molar-refractivity contribution in [2.45, 2.75) is 50.8 Å². The molecule has 0 aliphatic heterocycles. The highest BCUT2D eigenvalue weighted by molar-refractivity contribution is 6.01. The summed E-state index contributed by atoms with van der Waals surface area (Å²) in [6.45, 7) is 2.35. The summed E-state index contributed by atoms with van der Waals surface area (Å²) in [5, 5.41) is 23.0. The molecule has 0 radical (unpaired) electrons. The first-order valence-electron chi connectivity index (χ1n) is 12.2. The van der Waals surface area contributed by atoms with Crippen LogP contribution in [0, 0.1) is 6.92 Å². The standard InChI is InChI=1S/C27H27N7O2/c1-17-12-18(8-11-28-17)24-21-13-19(6-7-22(21)32-33-24)26(35)31-20-4-2-9-27(36,14-20)15-34-16-30-25-23(34)5-3-10-29-25/h3,5-8,10-13,16,20,36H,2,4,9,14-15H2,1H3,(H,31,35)(H,32,33)/t20-,27-/m1/s1. The zero-order chi connectivity index (χ0) is 24.7. The minimum absolute atomic E-state index is 0.119. The Kier molecular flexibility index (Phi) is 5.49. The van der Waals surface area contributed by atoms with Gasteiger partial charge in [-0.05, 0) is 75.1 Å². The number of carbonyl (C=O) groups excluding carboxylic acids is 1. The molecule has 6 rings (SSSR count). The third-order valence-electron chi connectivity index (χ3n) is 7.01. The van der Waals surface area contributed by atoms with E-state index in [1.165, 1.54) is 0 Å². The Morgan fingerprint density at radius 1 is 1.19 bits per heavy atom. The molecule has 1 saturated carbocycles. The number of fused-ring (bicyclic) bond motifs is 2. The van der Waals surface area contributed by atoms with Crippen LogP contribution in [0.1, 0.15) is 41.7 Å². The molecule has 0 bridgehead atoms. The number of rotatable bonds is 5. The van der Waals surface area contributed by atoms with Crippen molar-refractivity contribution in [3.63, 3.8) is 0 Å². The van der Waals surface area contributed by atoms with Gasteiger partial charge in [0.15, 0.2) is 5.65 Å². The van der Waals surface area contributed by atoms with E-state index < -0.39 is 5.60 Å². The molecule has 0 spiro atoms. The molecule has 1 amide bonds. The molecular weight excluding hydrogens is 454 g/mol. The van der Waals surface area contributed by atoms with Gasteiger partial charge in [-0.1, -0.05) is 0 Å². The number of aromatic amines is 1. The molecule has 182 valence electrons. The second kappa shape index (κ2) is 8.83. The summed E-state index contributed by atoms with van der Waals surface area (Å²) in [6, 6.07) is 13.1. The second-order valence-corrected chi connectivity index (χ2v) is 9.73. The van der Waals surface area contributed by atoms with Crippen LogP contribution in [0.25, 0.3) is 33.3 Å². The van der Waals surface area contributed by atoms with Crippen LogP contribution in [0.5, 0.6) is 0 Å². The number of aryl methyl sites for hydroxylation is 1. The van der Waals surface area contributed by atoms with Gasteiger partial charge < -0.3 is 15.0 Å². The van der Waals surface area contributed by atoms with Gasteiger partial charge in [-0.3, -0.25) is 14.9 Å². The van der Waals surface area contributed by atoms with E-state index in [0.29, 0.717) is 30.6 Å². The van der Waals surface area contributed by atoms with Gasteiger partial charge in [-0.25, -0.2) is 9.97 Å². The van der Waals surface area contributed by atoms with Crippen LogP contribution in [0.4, 0.5) is 0 Å². The topological polar surface area (TPSA) is 122 Å². The lowest BCUT2D eigenvalue weighted by atomic mass is 9.81. The van der Waals surface area contributed by atoms with E-state index in [9.17, 15) is 9.90 Å². The minimum Gasteiger partial charge on any atom is -0.388 e. The number of carbonyl (C=O) groups is 1. The second-order valence-electron chi connectivity index (χ2n) is 9.73. The minimum atomic E-state index is -0.930. The number of benzene rings is 1. The van der Waals surface area contributed by atoms with Crippen molar-refractivity contribution in [3.05, 3.63) is 72.4 Å². The number of hydrogen-bond donors (Lipinski definition) is 3. The SMILES string of the molecule is Cc1cc(-c2n[nH]c3ccc(C(=O)N[C@@H]4CCC[C@](O)(Cn5cnc6ncccc65)C4)cc23)ccn1. The third kappa shape index (κ3) is 4.22. The van der Waals surface area contributed by atoms with Crippen LogP contribution in [0.3, 0.4) is 0 Å². The molecular formula is C27H27N7O2. The van der Waals surface area contributed by atoms with E-state index in [-0.39, 0.29) is 11.9 Å². The van der Waals surface area contributed by atoms with Crippen LogP contribution in [0.15, 0.2) is 61.2 Å². The summed E-state index contributed by atoms with van der Waals surface area (Å²) in [5.74, 6) is -0.151. The number of H-pyrrole nitrogens is 1. The number of aromatic nitrogens is 6. The van der Waals surface area contributed by atoms with E-state index in [4.69, 9.17) is 0 Å². The van der Waals surface area contributed by atoms with Gasteiger partial charge in [0.25, 0.3) is 5.91 Å². The quantitative estimate of drug-likeness (QED) is 0.351. The lowest BCUT2D eigenvalue weighted by Gasteiger charge is -2.37. The summed E-state index contributed by atoms with van der Waals surface area (Å²) in [7, 11) is 0. The Bertz CT molecular complexity index is 1570. The van der Waals surface area contributed by atoms with Crippen LogP contribution >= 0.6 is 0 Å². The van der Waals surface area contributed by atoms with Crippen molar-refractivity contribution in [2.75, 3.05) is 0 Å². The summed E-state index contributed by atoms with van der Waals surface area (Å²) in [6.07, 6.45) is 8.01. The molecule has 1 aliphatic rings. The summed E-state index contributed by atoms with van der Waals surface area (Å²) in [5.41, 5.74) is 4.71. The molecule has 1 aromatic carbocycles. The molecule has 1 fully saturated rings. The normalized spacial score (nSPS) is 20.1. The Morgan fingerprint density at radius 2 is 2.11 bits per heavy atom. The number of imidazole rings is 1. The third-order valence-corrected chi connectivity index (χ3v) is 7.01. The van der Waals surface area contributed by atoms with E-state index in [2.05, 4.69) is 30.5 Å². The first kappa shape index (κ1) is 22.4. The first-order chi connectivity index (χ1) is 17.5. The Labute approximate surface area is 207 Å². The lowest BCUT2D eigenvalue weighted by Crippen LogP contribution is -2.47. The van der Waals surface area contributed by atoms with E-state index in [0.717, 1.165) is 46.2 Å². The Morgan fingerprint density at radius 3 is 3.00 bits per heavy atom. The molecule has 4 heterocycles. The van der Waals surface area contributed by atoms with E-state index in [1.54, 1.807) is 24.8 Å². The molecule has 1 aliphatic carbocycles. The zero-order valence-electron chi connectivity index (χ0n) is 20.0. The Hall–Kier alpha value is -4.11. The lowest BCUT2D eigenvalue weighted by molar-refractivity contribution is -0.0203. The first-order valence-corrected chi connectivity index (χ1v) is 12.2. The molecule has 4 aromatic heterocycles. The number of nitrogens with zero attached hydrogens (tertiary/aromatic N) is 5. The van der Waals surface area contributed by atoms with Crippen LogP contribution in [-0.2, 0) is 6.54 Å². The van der Waals surface area contributed by atoms with E-state index in [1.807, 2.05) is 47.9 Å². The van der Waals surface area contributed by atoms with Gasteiger partial charge in [0.2, 0.25) is 0 Å². The average Bonchev–Trinajstić information content (AvgIpc) is 3.48. The van der Waals surface area contributed by atoms with Gasteiger partial charge in [-0.2, -0.15) is 5.10 Å². The number of nitrogens with one attached hydrogen (secondary N) is 2. The molecule has 9 heteroatoms. The predicted molar refractivity (Wildman–Crippen MR) is 136 cm³/mol. The smallest absolute Gasteiger partial charge is 0.251 e. The molecule has 36 heavy (non-hydrogen) atoms. The van der Waals surface area contributed by atoms with Gasteiger partial charge >= 0.3 is 0 Å². The maximum Gasteiger partial charge on any atom is 0.251 e. The van der Waals surface area contributed by atoms with Crippen LogP contribution in [0.2, 0.25) is 0 Å². The molecule has 0 saturated heterocycles. The van der Waals surface area contributed by atoms with Crippen molar-refractivity contribution < 1.29 is 9.90 Å². The maximum absolute atomic E-state index is 13.2. The van der Waals surface area contributed by atoms with Crippen molar-refractivity contribution in [3.8, 4) is 11.3 Å². The van der Waals surface area contributed by atoms with Crippen molar-refractivity contribution in [1.29, 1.82) is 0 Å². The summed E-state index contributed by atoms with van der Waals surface area (Å²) >= 11 is 0. The maximum atomic E-state index is 13.2. The monoisotopic (exact) mass is 481 g/mol. The number of hydrogen-bond acceptors (Lipinski definition) is 6. The summed E-state index contributed by atoms with van der Waals surface area (Å²) in [4.78, 5) is 26.1. The Balaban J connectivity index is 1.20. The largest absolute Gasteiger partial charge is 0.388 e. The zero-order valence-corrected chi connectivity index (χ0v) is 20.0. The highest BCUT2D eigenvalue weighted by atomic mass is 16.3. The summed E-state index contributed by atoms with van der Waals surface area (Å²) < 4.78 is 1.95. The molecule has 5 aromatic rings. The molecule has 3 N–H and O–H groups in total. The molecule has 9 nitrogen and oxygen atoms in total. The van der Waals surface area contributed by atoms with Gasteiger partial charge in [0, 0.05) is 40.6 Å². The highest BCUT2D eigenvalue weighted by Gasteiger charge is 2.36. The molecule has 2 atom stereocenters. The fourth-order valence-corrected chi connectivity index (χ4v) is 5.29. The van der Waals surface area contributed by atoms with Gasteiger partial charge in [0.05, 0.1) is 29.5 Å². The van der Waals surface area contributed by atoms with Crippen molar-refractivity contribution in [1.82, 2.24) is 35.0 Å². The van der Waals surface area contributed by atoms with E-state index >= 15 is 0 Å².